The number of pyridine rings is 1. The number of rotatable bonds is 9. The second kappa shape index (κ2) is 9.56. The van der Waals surface area contributed by atoms with Crippen molar-refractivity contribution in [3.05, 3.63) is 78.1 Å². The number of nitrogens with zero attached hydrogens (tertiary/aromatic N) is 3. The number of anilines is 1. The molecule has 2 heterocycles. The Morgan fingerprint density at radius 1 is 1.00 bits per heavy atom. The van der Waals surface area contributed by atoms with Gasteiger partial charge in [-0.3, -0.25) is 4.98 Å². The highest BCUT2D eigenvalue weighted by Crippen LogP contribution is 2.32. The van der Waals surface area contributed by atoms with Crippen molar-refractivity contribution in [1.29, 1.82) is 0 Å². The average Bonchev–Trinajstić information content (AvgIpc) is 3.23. The van der Waals surface area contributed by atoms with Gasteiger partial charge in [0.25, 0.3) is 0 Å². The van der Waals surface area contributed by atoms with Crippen LogP contribution in [0, 0.1) is 0 Å². The van der Waals surface area contributed by atoms with Crippen molar-refractivity contribution in [3.8, 4) is 11.5 Å². The van der Waals surface area contributed by atoms with Crippen molar-refractivity contribution >= 4 is 26.7 Å². The van der Waals surface area contributed by atoms with Gasteiger partial charge in [-0.25, -0.2) is 4.98 Å². The third-order valence-corrected chi connectivity index (χ3v) is 5.79. The summed E-state index contributed by atoms with van der Waals surface area (Å²) in [4.78, 5) is 11.0. The van der Waals surface area contributed by atoms with Gasteiger partial charge in [-0.2, -0.15) is 0 Å². The van der Waals surface area contributed by atoms with E-state index in [0.29, 0.717) is 31.2 Å². The van der Waals surface area contributed by atoms with Gasteiger partial charge >= 0.3 is 0 Å². The van der Waals surface area contributed by atoms with E-state index in [-0.39, 0.29) is 0 Å². The normalized spacial score (nSPS) is 10.9. The number of hydrogen-bond donors (Lipinski definition) is 1. The molecule has 30 heavy (non-hydrogen) atoms. The largest absolute Gasteiger partial charge is 0.493 e. The summed E-state index contributed by atoms with van der Waals surface area (Å²) in [5, 5.41) is 0.971. The van der Waals surface area contributed by atoms with E-state index in [1.807, 2.05) is 42.5 Å². The predicted molar refractivity (Wildman–Crippen MR) is 121 cm³/mol. The maximum atomic E-state index is 5.95. The van der Waals surface area contributed by atoms with Crippen LogP contribution in [0.2, 0.25) is 0 Å². The molecule has 0 aliphatic rings. The summed E-state index contributed by atoms with van der Waals surface area (Å²) in [5.41, 5.74) is 9.05. The highest BCUT2D eigenvalue weighted by atomic mass is 32.1. The molecule has 0 spiro atoms. The van der Waals surface area contributed by atoms with E-state index >= 15 is 0 Å². The number of para-hydroxylation sites is 1. The summed E-state index contributed by atoms with van der Waals surface area (Å²) in [7, 11) is 1.66. The van der Waals surface area contributed by atoms with Crippen molar-refractivity contribution < 1.29 is 9.47 Å². The van der Waals surface area contributed by atoms with Gasteiger partial charge in [-0.15, -0.1) is 0 Å². The number of benzene rings is 2. The topological polar surface area (TPSA) is 73.5 Å². The van der Waals surface area contributed by atoms with Crippen LogP contribution in [-0.4, -0.2) is 30.2 Å². The number of thiazole rings is 1. The molecular weight excluding hydrogens is 396 g/mol. The molecule has 0 radical (unpaired) electrons. The molecule has 0 amide bonds. The number of nitrogens with two attached hydrogens (primary N) is 1. The summed E-state index contributed by atoms with van der Waals surface area (Å²) in [6.45, 7) is 2.43. The SMILES string of the molecule is COc1cc(CN(CCN)c2nc3ccccc3s2)ccc1OCc1ccncc1. The van der Waals surface area contributed by atoms with Crippen LogP contribution in [0.3, 0.4) is 0 Å². The molecule has 0 aliphatic heterocycles. The van der Waals surface area contributed by atoms with Gasteiger partial charge in [0.2, 0.25) is 0 Å². The van der Waals surface area contributed by atoms with Crippen molar-refractivity contribution in [1.82, 2.24) is 9.97 Å². The smallest absolute Gasteiger partial charge is 0.186 e. The molecule has 2 aromatic heterocycles. The molecule has 2 aromatic carbocycles. The van der Waals surface area contributed by atoms with Gasteiger partial charge in [0.05, 0.1) is 17.3 Å². The van der Waals surface area contributed by atoms with Crippen molar-refractivity contribution in [3.63, 3.8) is 0 Å². The molecule has 0 bridgehead atoms. The third-order valence-electron chi connectivity index (χ3n) is 4.70. The van der Waals surface area contributed by atoms with Gasteiger partial charge in [-0.1, -0.05) is 29.5 Å². The highest BCUT2D eigenvalue weighted by molar-refractivity contribution is 7.22. The van der Waals surface area contributed by atoms with E-state index in [1.165, 1.54) is 4.70 Å². The zero-order valence-electron chi connectivity index (χ0n) is 16.8. The molecule has 0 unspecified atom stereocenters. The van der Waals surface area contributed by atoms with E-state index < -0.39 is 0 Å². The van der Waals surface area contributed by atoms with E-state index in [4.69, 9.17) is 20.2 Å². The van der Waals surface area contributed by atoms with Gasteiger partial charge < -0.3 is 20.1 Å². The fraction of sp³-hybridized carbons (Fsp3) is 0.217. The van der Waals surface area contributed by atoms with Crippen molar-refractivity contribution in [2.24, 2.45) is 5.73 Å². The molecule has 0 saturated heterocycles. The zero-order chi connectivity index (χ0) is 20.8. The molecule has 6 nitrogen and oxygen atoms in total. The fourth-order valence-corrected chi connectivity index (χ4v) is 4.17. The monoisotopic (exact) mass is 420 g/mol. The number of aromatic nitrogens is 2. The van der Waals surface area contributed by atoms with E-state index in [1.54, 1.807) is 30.8 Å². The molecule has 0 saturated carbocycles. The second-order valence-corrected chi connectivity index (χ2v) is 7.81. The van der Waals surface area contributed by atoms with Crippen LogP contribution in [0.4, 0.5) is 5.13 Å². The first-order valence-electron chi connectivity index (χ1n) is 9.76. The third kappa shape index (κ3) is 4.69. The summed E-state index contributed by atoms with van der Waals surface area (Å²) in [5.74, 6) is 1.42. The van der Waals surface area contributed by atoms with E-state index in [9.17, 15) is 0 Å². The number of methoxy groups -OCH3 is 1. The summed E-state index contributed by atoms with van der Waals surface area (Å²) in [6, 6.07) is 18.1. The van der Waals surface area contributed by atoms with E-state index in [0.717, 1.165) is 28.3 Å². The Hall–Kier alpha value is -3.16. The van der Waals surface area contributed by atoms with Crippen LogP contribution in [0.1, 0.15) is 11.1 Å². The van der Waals surface area contributed by atoms with Gasteiger partial charge in [0.15, 0.2) is 16.6 Å². The van der Waals surface area contributed by atoms with E-state index in [2.05, 4.69) is 22.0 Å². The predicted octanol–water partition coefficient (Wildman–Crippen LogP) is 4.24. The van der Waals surface area contributed by atoms with Gasteiger partial charge in [0.1, 0.15) is 6.61 Å². The van der Waals surface area contributed by atoms with Gasteiger partial charge in [-0.05, 0) is 47.5 Å². The first-order chi connectivity index (χ1) is 14.8. The van der Waals surface area contributed by atoms with Crippen LogP contribution in [0.15, 0.2) is 67.0 Å². The minimum absolute atomic E-state index is 0.462. The van der Waals surface area contributed by atoms with Crippen LogP contribution < -0.4 is 20.1 Å². The molecular formula is C23H24N4O2S. The Bertz CT molecular complexity index is 1070. The highest BCUT2D eigenvalue weighted by Gasteiger charge is 2.14. The van der Waals surface area contributed by atoms with Gasteiger partial charge in [0, 0.05) is 32.0 Å². The molecule has 0 fully saturated rings. The number of fused-ring (bicyclic) bond motifs is 1. The minimum atomic E-state index is 0.462. The molecule has 7 heteroatoms. The maximum Gasteiger partial charge on any atom is 0.186 e. The van der Waals surface area contributed by atoms with Crippen LogP contribution in [0.25, 0.3) is 10.2 Å². The minimum Gasteiger partial charge on any atom is -0.493 e. The standard InChI is InChI=1S/C23H24N4O2S/c1-28-21-14-18(6-7-20(21)29-16-17-8-11-25-12-9-17)15-27(13-10-24)23-26-19-4-2-3-5-22(19)30-23/h2-9,11-12,14H,10,13,15-16,24H2,1H3. The lowest BCUT2D eigenvalue weighted by Gasteiger charge is -2.22. The van der Waals surface area contributed by atoms with Crippen LogP contribution >= 0.6 is 11.3 Å². The lowest BCUT2D eigenvalue weighted by Crippen LogP contribution is -2.28. The summed E-state index contributed by atoms with van der Waals surface area (Å²) >= 11 is 1.68. The zero-order valence-corrected chi connectivity index (χ0v) is 17.6. The number of hydrogen-bond acceptors (Lipinski definition) is 7. The molecule has 154 valence electrons. The summed E-state index contributed by atoms with van der Waals surface area (Å²) in [6.07, 6.45) is 3.51. The van der Waals surface area contributed by atoms with Crippen molar-refractivity contribution in [2.75, 3.05) is 25.1 Å². The Labute approximate surface area is 179 Å². The average molecular weight is 421 g/mol. The lowest BCUT2D eigenvalue weighted by molar-refractivity contribution is 0.284. The Kier molecular flexibility index (Phi) is 6.41. The van der Waals surface area contributed by atoms with Crippen LogP contribution in [0.5, 0.6) is 11.5 Å². The lowest BCUT2D eigenvalue weighted by atomic mass is 10.2. The first-order valence-corrected chi connectivity index (χ1v) is 10.6. The number of ether oxygens (including phenoxy) is 2. The Balaban J connectivity index is 1.51. The summed E-state index contributed by atoms with van der Waals surface area (Å²) < 4.78 is 12.7. The molecule has 0 aliphatic carbocycles. The quantitative estimate of drug-likeness (QED) is 0.436. The first kappa shape index (κ1) is 20.1. The van der Waals surface area contributed by atoms with Crippen LogP contribution in [-0.2, 0) is 13.2 Å². The fourth-order valence-electron chi connectivity index (χ4n) is 3.18. The maximum absolute atomic E-state index is 5.95. The molecule has 4 aromatic rings. The second-order valence-electron chi connectivity index (χ2n) is 6.80. The molecule has 4 rings (SSSR count). The Morgan fingerprint density at radius 2 is 1.83 bits per heavy atom. The molecule has 0 atom stereocenters. The Morgan fingerprint density at radius 3 is 2.60 bits per heavy atom. The van der Waals surface area contributed by atoms with Crippen molar-refractivity contribution in [2.45, 2.75) is 13.2 Å². The molecule has 2 N–H and O–H groups in total.